The molecular weight excluding hydrogens is 1840 g/mol. The van der Waals surface area contributed by atoms with E-state index in [-0.39, 0.29) is 53.3 Å². The molecule has 13 aromatic rings. The number of fused-ring (bicyclic) bond motifs is 3. The smallest absolute Gasteiger partial charge is 0.266 e. The number of nitrogens with zero attached hydrogens (tertiary/aromatic N) is 12. The first-order valence-corrected chi connectivity index (χ1v) is 46.1. The largest absolute Gasteiger partial charge is 0.497 e. The molecule has 31 heteroatoms. The van der Waals surface area contributed by atoms with Gasteiger partial charge in [0.25, 0.3) is 11.8 Å². The zero-order chi connectivity index (χ0) is 91.1. The minimum atomic E-state index is -1.19. The molecule has 2 aliphatic carbocycles. The summed E-state index contributed by atoms with van der Waals surface area (Å²) in [6, 6.07) is 74.2. The fraction of sp³-hybridized carbons (Fsp3) is 0.235. The fourth-order valence-corrected chi connectivity index (χ4v) is 21.9. The lowest BCUT2D eigenvalue weighted by molar-refractivity contribution is -0.137. The molecule has 7 aliphatic rings. The summed E-state index contributed by atoms with van der Waals surface area (Å²) < 4.78 is 26.5. The van der Waals surface area contributed by atoms with Crippen molar-refractivity contribution in [2.45, 2.75) is 91.4 Å². The molecule has 20 rings (SSSR count). The van der Waals surface area contributed by atoms with E-state index in [1.54, 1.807) is 82.2 Å². The maximum Gasteiger partial charge on any atom is 0.266 e. The molecule has 24 nitrogen and oxygen atoms in total. The average Bonchev–Trinajstić information content (AvgIpc) is 1.63. The van der Waals surface area contributed by atoms with Gasteiger partial charge in [-0.15, -0.1) is 34.0 Å². The topological polar surface area (TPSA) is 334 Å². The number of guanidine groups is 5. The Labute approximate surface area is 780 Å². The van der Waals surface area contributed by atoms with Gasteiger partial charge in [0.05, 0.1) is 25.0 Å². The first-order chi connectivity index (χ1) is 61.9. The van der Waals surface area contributed by atoms with E-state index in [9.17, 15) is 23.6 Å². The Bertz CT molecular complexity index is 6500. The number of thiophene rings is 3. The van der Waals surface area contributed by atoms with Gasteiger partial charge in [0.15, 0.2) is 34.9 Å². The van der Waals surface area contributed by atoms with E-state index in [4.69, 9.17) is 69.2 Å². The van der Waals surface area contributed by atoms with Gasteiger partial charge in [0.1, 0.15) is 40.0 Å². The van der Waals surface area contributed by atoms with Gasteiger partial charge in [-0.05, 0) is 209 Å². The third kappa shape index (κ3) is 16.9. The lowest BCUT2D eigenvalue weighted by Gasteiger charge is -2.48. The van der Waals surface area contributed by atoms with Crippen LogP contribution in [-0.2, 0) is 63.5 Å². The number of aryl methyl sites for hydroxylation is 1. The summed E-state index contributed by atoms with van der Waals surface area (Å²) in [7, 11) is 8.41. The highest BCUT2D eigenvalue weighted by atomic mass is 79.9. The van der Waals surface area contributed by atoms with Crippen LogP contribution in [0.5, 0.6) is 5.75 Å². The van der Waals surface area contributed by atoms with E-state index < -0.39 is 45.0 Å². The van der Waals surface area contributed by atoms with Gasteiger partial charge in [-0.2, -0.15) is 4.39 Å². The Morgan fingerprint density at radius 2 is 1.19 bits per heavy atom. The van der Waals surface area contributed by atoms with Crippen LogP contribution in [0.4, 0.5) is 4.39 Å². The number of rotatable bonds is 15. The molecule has 7 aromatic carbocycles. The highest BCUT2D eigenvalue weighted by Crippen LogP contribution is 2.58. The maximum absolute atomic E-state index is 14.2. The maximum atomic E-state index is 14.2. The van der Waals surface area contributed by atoms with E-state index in [0.717, 1.165) is 121 Å². The number of pyridine rings is 2. The van der Waals surface area contributed by atoms with Crippen LogP contribution < -0.4 is 33.4 Å². The lowest BCUT2D eigenvalue weighted by atomic mass is 9.64. The number of carbonyl (C=O) groups excluding carboxylic acids is 4. The minimum Gasteiger partial charge on any atom is -0.497 e. The van der Waals surface area contributed by atoms with Gasteiger partial charge in [-0.25, -0.2) is 35.0 Å². The normalized spacial score (nSPS) is 22.0. The summed E-state index contributed by atoms with van der Waals surface area (Å²) in [5.41, 5.74) is 37.0. The summed E-state index contributed by atoms with van der Waals surface area (Å²) in [5.74, 6) is 1.12. The number of amides is 4. The number of hydroxylamine groups is 2. The number of ether oxygens (including phenoxy) is 1. The summed E-state index contributed by atoms with van der Waals surface area (Å²) in [6.45, 7) is 6.73. The Morgan fingerprint density at radius 3 is 1.81 bits per heavy atom. The summed E-state index contributed by atoms with van der Waals surface area (Å²) in [6.07, 6.45) is 8.32. The van der Waals surface area contributed by atoms with Crippen molar-refractivity contribution in [2.75, 3.05) is 48.5 Å². The number of aliphatic imine (C=N–C) groups is 5. The highest BCUT2D eigenvalue weighted by molar-refractivity contribution is 9.10. The van der Waals surface area contributed by atoms with Crippen molar-refractivity contribution < 1.29 is 37.6 Å². The molecule has 0 saturated heterocycles. The van der Waals surface area contributed by atoms with Crippen LogP contribution in [0.15, 0.2) is 304 Å². The molecule has 6 atom stereocenters. The predicted molar refractivity (Wildman–Crippen MR) is 515 cm³/mol. The fourth-order valence-electron chi connectivity index (χ4n) is 17.7. The van der Waals surface area contributed by atoms with Crippen LogP contribution >= 0.6 is 77.5 Å². The van der Waals surface area contributed by atoms with Crippen molar-refractivity contribution in [3.05, 3.63) is 344 Å². The van der Waals surface area contributed by atoms with Crippen LogP contribution in [0.2, 0.25) is 5.02 Å². The molecule has 1 fully saturated rings. The number of benzene rings is 7. The number of furan rings is 1. The molecule has 11 heterocycles. The number of hydrogen-bond donors (Lipinski definition) is 5. The standard InChI is InChI=1S/C29H25N3O.C23H19ClN4O2S.C19H20BrN3O2S.C14H15FN4OS.C13H14BrN3O/c30-28-31-29(24-17-9-3-10-18-24,25-19-11-4-12-20-25)27(33)32(28)21-26(22-13-5-1-6-14-22)23-15-7-2-8-16-23;1-23(19-10-15(12-31-19)17-11-16(24)5-7-26-17)20(21(29)28(2)22(25)27-23)14-3-4-18-13(9-14)6-8-30-18;1-18(15-9-12(20)10-26-15)19(16(24)23(2)17(21)22-18)7-6-11-8-13(25-3)4-5-14(11)19;1-14(8-20-19(2)13(16)18-14)11-6-9(7-21-11)10-4-3-5-17-12(10)15;1-17-11(18)13(8-5-6-8,16-12(17)15)9-3-2-4-10(14)7-9/h1-20,26H,21H2,(H2,30,31);3-12,20H,1-2H3,(H2,25,27);4-5,8-10H,6-7H2,1-3H3,(H2,21,22);3-7H,8H2,1-2H3,(H2,16,18);2-4,7-8H,5-6H2,1H3,(H2,15,16)/t;20?,23-;18-,19-;;13-/m.11.0/s1. The molecule has 1 saturated carbocycles. The van der Waals surface area contributed by atoms with Crippen molar-refractivity contribution >= 4 is 142 Å². The SMILES string of the molecule is CN1C(=O)C(c2ccc3occc3c2)[C@@](C)(c2cc(-c3cc(Cl)ccn3)cs2)N=C1N.CN1C(=O)[C@@](c2cccc(Br)c2)(C2CC2)N=C1N.CN1OCC(C)(c2cc(-c3cccnc3F)cs2)N=C1N.COc1ccc2c(c1)CC[C@]21C(=O)N(C)C(N)=N[C@]1(C)c1cc(Br)cs1.NC1=NC(c2ccccc2)(c2ccccc2)C(=O)N1CC(c1ccccc1)c1ccccc1. The Hall–Kier alpha value is -12.6. The number of aromatic nitrogens is 2. The van der Waals surface area contributed by atoms with Gasteiger partial charge in [-0.3, -0.25) is 48.6 Å². The zero-order valence-electron chi connectivity index (χ0n) is 71.7. The van der Waals surface area contributed by atoms with Gasteiger partial charge in [-0.1, -0.05) is 173 Å². The van der Waals surface area contributed by atoms with E-state index >= 15 is 0 Å². The average molecular weight is 1930 g/mol. The second kappa shape index (κ2) is 36.5. The van der Waals surface area contributed by atoms with Gasteiger partial charge in [0, 0.05) is 109 Å². The number of hydrogen-bond acceptors (Lipinski definition) is 23. The summed E-state index contributed by atoms with van der Waals surface area (Å²) >= 11 is 17.8. The third-order valence-electron chi connectivity index (χ3n) is 24.9. The molecule has 0 bridgehead atoms. The number of likely N-dealkylation sites (N-methyl/N-ethyl adjacent to an activating group) is 3. The second-order valence-electron chi connectivity index (χ2n) is 32.8. The first kappa shape index (κ1) is 89.8. The zero-order valence-corrected chi connectivity index (χ0v) is 78.1. The molecule has 0 radical (unpaired) electrons. The monoisotopic (exact) mass is 1930 g/mol. The second-order valence-corrected chi connectivity index (χ2v) is 37.8. The van der Waals surface area contributed by atoms with E-state index in [2.05, 4.69) is 76.1 Å². The van der Waals surface area contributed by atoms with Crippen molar-refractivity contribution in [3.63, 3.8) is 0 Å². The van der Waals surface area contributed by atoms with Gasteiger partial charge < -0.3 is 37.8 Å². The summed E-state index contributed by atoms with van der Waals surface area (Å²) in [4.78, 5) is 99.8. The van der Waals surface area contributed by atoms with Crippen molar-refractivity contribution in [1.29, 1.82) is 0 Å². The molecular formula is C98H93Br2ClFN17O7S3. The van der Waals surface area contributed by atoms with Gasteiger partial charge in [0.2, 0.25) is 23.7 Å². The molecule has 658 valence electrons. The molecule has 4 amide bonds. The molecule has 10 N–H and O–H groups in total. The molecule has 6 aromatic heterocycles. The number of halogens is 4. The number of methoxy groups -OCH3 is 1. The summed E-state index contributed by atoms with van der Waals surface area (Å²) in [5, 5.41) is 8.92. The first-order valence-electron chi connectivity index (χ1n) is 41.5. The minimum absolute atomic E-state index is 0.000870. The van der Waals surface area contributed by atoms with Crippen LogP contribution in [0, 0.1) is 11.9 Å². The van der Waals surface area contributed by atoms with Crippen molar-refractivity contribution in [3.8, 4) is 28.1 Å². The van der Waals surface area contributed by atoms with Crippen LogP contribution in [0.3, 0.4) is 0 Å². The van der Waals surface area contributed by atoms with Crippen molar-refractivity contribution in [2.24, 2.45) is 59.5 Å². The molecule has 2 unspecified atom stereocenters. The Morgan fingerprint density at radius 1 is 0.566 bits per heavy atom. The number of nitrogens with two attached hydrogens (primary N) is 5. The quantitative estimate of drug-likeness (QED) is 0.0596. The number of carbonyl (C=O) groups is 4. The van der Waals surface area contributed by atoms with Crippen LogP contribution in [-0.4, -0.2) is 137 Å². The predicted octanol–water partition coefficient (Wildman–Crippen LogP) is 17.5. The highest BCUT2D eigenvalue weighted by Gasteiger charge is 2.63. The Kier molecular flexibility index (Phi) is 25.4. The Balaban J connectivity index is 0.000000120. The third-order valence-corrected chi connectivity index (χ3v) is 29.9. The van der Waals surface area contributed by atoms with E-state index in [1.165, 1.54) is 48.6 Å². The molecule has 129 heavy (non-hydrogen) atoms. The van der Waals surface area contributed by atoms with E-state index in [0.29, 0.717) is 42.1 Å². The van der Waals surface area contributed by atoms with Gasteiger partial charge >= 0.3 is 0 Å². The van der Waals surface area contributed by atoms with Crippen LogP contribution in [0.1, 0.15) is 111 Å². The molecule has 1 spiro atoms. The van der Waals surface area contributed by atoms with E-state index in [1.807, 2.05) is 225 Å². The lowest BCUT2D eigenvalue weighted by Crippen LogP contribution is -2.62. The van der Waals surface area contributed by atoms with Crippen LogP contribution in [0.25, 0.3) is 33.4 Å². The molecule has 5 aliphatic heterocycles. The van der Waals surface area contributed by atoms with Crippen molar-refractivity contribution in [1.82, 2.24) is 34.6 Å².